The third kappa shape index (κ3) is 3.90. The quantitative estimate of drug-likeness (QED) is 0.269. The van der Waals surface area contributed by atoms with E-state index in [1.165, 1.54) is 9.80 Å². The lowest BCUT2D eigenvalue weighted by Gasteiger charge is -2.32. The first-order chi connectivity index (χ1) is 19.2. The molecule has 202 valence electrons. The van der Waals surface area contributed by atoms with Crippen LogP contribution in [0.5, 0.6) is 0 Å². The number of rotatable bonds is 5. The van der Waals surface area contributed by atoms with Gasteiger partial charge in [-0.25, -0.2) is 10.0 Å². The van der Waals surface area contributed by atoms with Crippen LogP contribution in [0.3, 0.4) is 0 Å². The number of nitrogens with one attached hydrogen (secondary N) is 2. The molecular formula is C28H26N8O2S2. The molecule has 2 aliphatic heterocycles. The summed E-state index contributed by atoms with van der Waals surface area (Å²) in [5, 5.41) is 5.32. The Bertz CT molecular complexity index is 1650. The molecule has 2 saturated heterocycles. The Morgan fingerprint density at radius 1 is 0.725 bits per heavy atom. The van der Waals surface area contributed by atoms with Crippen LogP contribution >= 0.6 is 24.4 Å². The Kier molecular flexibility index (Phi) is 6.23. The van der Waals surface area contributed by atoms with Crippen molar-refractivity contribution in [2.24, 2.45) is 0 Å². The molecule has 0 radical (unpaired) electrons. The van der Waals surface area contributed by atoms with Gasteiger partial charge in [0.25, 0.3) is 11.8 Å². The van der Waals surface area contributed by atoms with Gasteiger partial charge in [0.1, 0.15) is 11.4 Å². The maximum Gasteiger partial charge on any atom is 0.279 e. The van der Waals surface area contributed by atoms with Gasteiger partial charge < -0.3 is 9.97 Å². The topological polar surface area (TPSA) is 104 Å². The zero-order valence-corrected chi connectivity index (χ0v) is 23.9. The number of thiocarbonyl (C=S) groups is 2. The lowest BCUT2D eigenvalue weighted by molar-refractivity contribution is -0.125. The van der Waals surface area contributed by atoms with Crippen molar-refractivity contribution in [2.75, 3.05) is 0 Å². The predicted molar refractivity (Wildman–Crippen MR) is 161 cm³/mol. The monoisotopic (exact) mass is 570 g/mol. The van der Waals surface area contributed by atoms with Gasteiger partial charge in [-0.05, 0) is 76.4 Å². The number of hydrazine groups is 1. The number of aromatic amines is 2. The standard InChI is InChI=1S/C28H26N8O2S2/c1-15(2)33-25(37)23(9-17-11-31-21-5-7-29-13-19(17)21)35(27(33)39)36-24(26(38)34(16(3)4)28(36)40)10-18-12-32-22-6-8-30-14-20(18)22/h5-16,31-32H,1-4H3/b23-9-,24-10-. The first kappa shape index (κ1) is 25.8. The van der Waals surface area contributed by atoms with Gasteiger partial charge in [0.2, 0.25) is 10.2 Å². The van der Waals surface area contributed by atoms with Crippen LogP contribution in [0.15, 0.2) is 60.7 Å². The number of hydrogen-bond donors (Lipinski definition) is 2. The van der Waals surface area contributed by atoms with E-state index >= 15 is 0 Å². The molecular weight excluding hydrogens is 544 g/mol. The molecule has 6 rings (SSSR count). The van der Waals surface area contributed by atoms with Crippen molar-refractivity contribution in [1.82, 2.24) is 39.8 Å². The van der Waals surface area contributed by atoms with Crippen molar-refractivity contribution in [1.29, 1.82) is 0 Å². The molecule has 2 amide bonds. The number of amides is 2. The maximum absolute atomic E-state index is 13.9. The second-order valence-electron chi connectivity index (χ2n) is 10.1. The van der Waals surface area contributed by atoms with Crippen LogP contribution in [0.25, 0.3) is 34.0 Å². The fourth-order valence-corrected chi connectivity index (χ4v) is 6.00. The van der Waals surface area contributed by atoms with E-state index < -0.39 is 0 Å². The molecule has 40 heavy (non-hydrogen) atoms. The normalized spacial score (nSPS) is 18.6. The summed E-state index contributed by atoms with van der Waals surface area (Å²) >= 11 is 11.8. The van der Waals surface area contributed by atoms with E-state index in [-0.39, 0.29) is 45.5 Å². The average Bonchev–Trinajstić information content (AvgIpc) is 3.64. The highest BCUT2D eigenvalue weighted by atomic mass is 32.1. The Hall–Kier alpha value is -4.42. The second kappa shape index (κ2) is 9.65. The van der Waals surface area contributed by atoms with Gasteiger partial charge in [-0.3, -0.25) is 29.4 Å². The zero-order valence-electron chi connectivity index (χ0n) is 22.2. The van der Waals surface area contributed by atoms with Gasteiger partial charge in [-0.15, -0.1) is 0 Å². The number of pyridine rings is 2. The number of hydrogen-bond acceptors (Lipinski definition) is 6. The number of nitrogens with zero attached hydrogens (tertiary/aromatic N) is 6. The number of carbonyl (C=O) groups excluding carboxylic acids is 2. The van der Waals surface area contributed by atoms with E-state index in [0.717, 1.165) is 32.9 Å². The van der Waals surface area contributed by atoms with Crippen LogP contribution in [0, 0.1) is 0 Å². The highest BCUT2D eigenvalue weighted by Gasteiger charge is 2.50. The van der Waals surface area contributed by atoms with E-state index in [4.69, 9.17) is 24.4 Å². The van der Waals surface area contributed by atoms with E-state index in [1.807, 2.05) is 52.2 Å². The molecule has 0 bridgehead atoms. The van der Waals surface area contributed by atoms with Crippen molar-refractivity contribution in [3.05, 3.63) is 71.8 Å². The van der Waals surface area contributed by atoms with Gasteiger partial charge >= 0.3 is 0 Å². The molecule has 0 aromatic carbocycles. The SMILES string of the molecule is CC(C)N1C(=O)/C(=C/c2c[nH]c3ccncc23)N(N2C(=S)N(C(C)C)C(=O)/C2=C/c2c[nH]c3ccncc23)C1=S. The van der Waals surface area contributed by atoms with E-state index in [0.29, 0.717) is 0 Å². The first-order valence-corrected chi connectivity index (χ1v) is 13.6. The van der Waals surface area contributed by atoms with Crippen molar-refractivity contribution < 1.29 is 9.59 Å². The summed E-state index contributed by atoms with van der Waals surface area (Å²) in [4.78, 5) is 45.8. The number of H-pyrrole nitrogens is 2. The van der Waals surface area contributed by atoms with Crippen molar-refractivity contribution in [3.63, 3.8) is 0 Å². The Labute approximate surface area is 240 Å². The van der Waals surface area contributed by atoms with E-state index in [1.54, 1.807) is 47.0 Å². The Morgan fingerprint density at radius 3 is 1.50 bits per heavy atom. The van der Waals surface area contributed by atoms with Gasteiger partial charge in [-0.1, -0.05) is 0 Å². The van der Waals surface area contributed by atoms with Crippen LogP contribution < -0.4 is 0 Å². The molecule has 4 aromatic rings. The van der Waals surface area contributed by atoms with Crippen molar-refractivity contribution in [2.45, 2.75) is 39.8 Å². The molecule has 10 nitrogen and oxygen atoms in total. The summed E-state index contributed by atoms with van der Waals surface area (Å²) in [6.07, 6.45) is 14.0. The Balaban J connectivity index is 1.55. The third-order valence-electron chi connectivity index (χ3n) is 6.95. The highest BCUT2D eigenvalue weighted by Crippen LogP contribution is 2.36. The lowest BCUT2D eigenvalue weighted by atomic mass is 10.1. The fourth-order valence-electron chi connectivity index (χ4n) is 5.06. The molecule has 0 spiro atoms. The first-order valence-electron chi connectivity index (χ1n) is 12.8. The van der Waals surface area contributed by atoms with Crippen molar-refractivity contribution in [3.8, 4) is 0 Å². The zero-order chi connectivity index (χ0) is 28.3. The van der Waals surface area contributed by atoms with E-state index in [9.17, 15) is 9.59 Å². The largest absolute Gasteiger partial charge is 0.360 e. The van der Waals surface area contributed by atoms with Gasteiger partial charge in [0, 0.05) is 82.2 Å². The fraction of sp³-hybridized carbons (Fsp3) is 0.214. The molecule has 4 aromatic heterocycles. The molecule has 2 N–H and O–H groups in total. The summed E-state index contributed by atoms with van der Waals surface area (Å²) < 4.78 is 0. The average molecular weight is 571 g/mol. The van der Waals surface area contributed by atoms with Crippen LogP contribution in [-0.4, -0.2) is 73.9 Å². The van der Waals surface area contributed by atoms with Crippen LogP contribution in [0.4, 0.5) is 0 Å². The minimum Gasteiger partial charge on any atom is -0.360 e. The molecule has 0 saturated carbocycles. The summed E-state index contributed by atoms with van der Waals surface area (Å²) in [6.45, 7) is 7.57. The van der Waals surface area contributed by atoms with Gasteiger partial charge in [0.15, 0.2) is 0 Å². The summed E-state index contributed by atoms with van der Waals surface area (Å²) in [5.74, 6) is -0.570. The predicted octanol–water partition coefficient (Wildman–Crippen LogP) is 4.41. The Morgan fingerprint density at radius 2 is 1.12 bits per heavy atom. The van der Waals surface area contributed by atoms with E-state index in [2.05, 4.69) is 19.9 Å². The molecule has 2 aliphatic rings. The smallest absolute Gasteiger partial charge is 0.279 e. The number of carbonyl (C=O) groups is 2. The molecule has 0 aliphatic carbocycles. The van der Waals surface area contributed by atoms with Gasteiger partial charge in [0.05, 0.1) is 0 Å². The molecule has 6 heterocycles. The van der Waals surface area contributed by atoms with Crippen LogP contribution in [-0.2, 0) is 9.59 Å². The van der Waals surface area contributed by atoms with Crippen LogP contribution in [0.2, 0.25) is 0 Å². The third-order valence-corrected chi connectivity index (χ3v) is 7.69. The summed E-state index contributed by atoms with van der Waals surface area (Å²) in [6, 6.07) is 3.28. The van der Waals surface area contributed by atoms with Gasteiger partial charge in [-0.2, -0.15) is 0 Å². The summed E-state index contributed by atoms with van der Waals surface area (Å²) in [7, 11) is 0. The summed E-state index contributed by atoms with van der Waals surface area (Å²) in [5.41, 5.74) is 3.83. The number of aromatic nitrogens is 4. The maximum atomic E-state index is 13.9. The van der Waals surface area contributed by atoms with Crippen LogP contribution in [0.1, 0.15) is 38.8 Å². The lowest BCUT2D eigenvalue weighted by Crippen LogP contribution is -2.47. The number of fused-ring (bicyclic) bond motifs is 2. The second-order valence-corrected chi connectivity index (χ2v) is 10.8. The van der Waals surface area contributed by atoms with Crippen molar-refractivity contribution >= 4 is 80.4 Å². The highest BCUT2D eigenvalue weighted by molar-refractivity contribution is 7.80. The minimum absolute atomic E-state index is 0.224. The minimum atomic E-state index is -0.285. The molecule has 12 heteroatoms. The molecule has 0 unspecified atom stereocenters. The molecule has 0 atom stereocenters. The molecule has 2 fully saturated rings.